The van der Waals surface area contributed by atoms with Crippen LogP contribution in [0.5, 0.6) is 0 Å². The number of nitrogens with two attached hydrogens (primary N) is 1. The SMILES string of the molecule is Nc1nc(NCc2nc3cccc(Cl)c3c(=O)n2-c2ccccc2)c2nc[nH]c2n1. The Hall–Kier alpha value is -3.98. The fourth-order valence-corrected chi connectivity index (χ4v) is 3.59. The molecule has 0 radical (unpaired) electrons. The summed E-state index contributed by atoms with van der Waals surface area (Å²) in [4.78, 5) is 33.5. The smallest absolute Gasteiger partial charge is 0.267 e. The van der Waals surface area contributed by atoms with Gasteiger partial charge in [-0.3, -0.25) is 9.36 Å². The molecule has 3 aromatic heterocycles. The zero-order valence-corrected chi connectivity index (χ0v) is 16.3. The van der Waals surface area contributed by atoms with E-state index in [1.807, 2.05) is 30.3 Å². The predicted molar refractivity (Wildman–Crippen MR) is 116 cm³/mol. The maximum atomic E-state index is 13.4. The van der Waals surface area contributed by atoms with Crippen LogP contribution in [0.15, 0.2) is 59.7 Å². The van der Waals surface area contributed by atoms with Crippen molar-refractivity contribution in [3.8, 4) is 5.69 Å². The van der Waals surface area contributed by atoms with Gasteiger partial charge in [0.2, 0.25) is 5.95 Å². The molecule has 0 saturated carbocycles. The summed E-state index contributed by atoms with van der Waals surface area (Å²) in [6.07, 6.45) is 1.51. The first-order chi connectivity index (χ1) is 14.6. The molecular formula is C20H15ClN8O. The number of nitrogens with one attached hydrogen (secondary N) is 2. The molecule has 4 N–H and O–H groups in total. The first kappa shape index (κ1) is 18.1. The summed E-state index contributed by atoms with van der Waals surface area (Å²) in [6, 6.07) is 14.5. The van der Waals surface area contributed by atoms with E-state index >= 15 is 0 Å². The number of aromatic amines is 1. The van der Waals surface area contributed by atoms with Crippen molar-refractivity contribution in [1.82, 2.24) is 29.5 Å². The number of benzene rings is 2. The first-order valence-corrected chi connectivity index (χ1v) is 9.45. The van der Waals surface area contributed by atoms with Gasteiger partial charge < -0.3 is 16.0 Å². The van der Waals surface area contributed by atoms with Crippen molar-refractivity contribution in [2.24, 2.45) is 0 Å². The summed E-state index contributed by atoms with van der Waals surface area (Å²) >= 11 is 6.31. The minimum absolute atomic E-state index is 0.105. The molecule has 148 valence electrons. The number of rotatable bonds is 4. The van der Waals surface area contributed by atoms with Gasteiger partial charge in [-0.1, -0.05) is 35.9 Å². The lowest BCUT2D eigenvalue weighted by Crippen LogP contribution is -2.25. The fourth-order valence-electron chi connectivity index (χ4n) is 3.34. The van der Waals surface area contributed by atoms with Crippen LogP contribution >= 0.6 is 11.6 Å². The molecule has 5 aromatic rings. The third kappa shape index (κ3) is 3.01. The van der Waals surface area contributed by atoms with Crippen LogP contribution in [0.4, 0.5) is 11.8 Å². The molecular weight excluding hydrogens is 404 g/mol. The van der Waals surface area contributed by atoms with E-state index in [2.05, 4.69) is 25.3 Å². The van der Waals surface area contributed by atoms with Crippen molar-refractivity contribution in [3.05, 3.63) is 76.1 Å². The normalized spacial score (nSPS) is 11.2. The molecule has 5 rings (SSSR count). The second-order valence-corrected chi connectivity index (χ2v) is 6.93. The summed E-state index contributed by atoms with van der Waals surface area (Å²) in [5, 5.41) is 3.90. The number of fused-ring (bicyclic) bond motifs is 2. The molecule has 0 fully saturated rings. The number of hydrogen-bond acceptors (Lipinski definition) is 7. The number of H-pyrrole nitrogens is 1. The minimum Gasteiger partial charge on any atom is -0.368 e. The molecule has 0 amide bonds. The van der Waals surface area contributed by atoms with E-state index in [-0.39, 0.29) is 18.1 Å². The van der Waals surface area contributed by atoms with Crippen LogP contribution in [0.1, 0.15) is 5.82 Å². The summed E-state index contributed by atoms with van der Waals surface area (Å²) in [7, 11) is 0. The summed E-state index contributed by atoms with van der Waals surface area (Å²) in [5.41, 5.74) is 7.80. The van der Waals surface area contributed by atoms with Gasteiger partial charge in [0.25, 0.3) is 5.56 Å². The van der Waals surface area contributed by atoms with Crippen LogP contribution in [0.3, 0.4) is 0 Å². The van der Waals surface area contributed by atoms with Crippen LogP contribution in [0.2, 0.25) is 5.02 Å². The summed E-state index contributed by atoms with van der Waals surface area (Å²) in [6.45, 7) is 0.199. The third-order valence-electron chi connectivity index (χ3n) is 4.64. The maximum Gasteiger partial charge on any atom is 0.267 e. The van der Waals surface area contributed by atoms with Crippen molar-refractivity contribution in [1.29, 1.82) is 0 Å². The van der Waals surface area contributed by atoms with Gasteiger partial charge in [-0.15, -0.1) is 0 Å². The number of hydrogen-bond donors (Lipinski definition) is 3. The monoisotopic (exact) mass is 418 g/mol. The van der Waals surface area contributed by atoms with Gasteiger partial charge >= 0.3 is 0 Å². The van der Waals surface area contributed by atoms with E-state index in [1.54, 1.807) is 18.2 Å². The average Bonchev–Trinajstić information content (AvgIpc) is 3.21. The molecule has 0 saturated heterocycles. The summed E-state index contributed by atoms with van der Waals surface area (Å²) in [5.74, 6) is 1.04. The predicted octanol–water partition coefficient (Wildman–Crippen LogP) is 2.90. The van der Waals surface area contributed by atoms with Crippen LogP contribution in [0.25, 0.3) is 27.8 Å². The Morgan fingerprint density at radius 3 is 2.73 bits per heavy atom. The number of para-hydroxylation sites is 1. The van der Waals surface area contributed by atoms with Crippen LogP contribution in [0, 0.1) is 0 Å². The Labute approximate surface area is 174 Å². The van der Waals surface area contributed by atoms with Crippen molar-refractivity contribution in [3.63, 3.8) is 0 Å². The van der Waals surface area contributed by atoms with E-state index in [4.69, 9.17) is 22.3 Å². The molecule has 0 unspecified atom stereocenters. The molecule has 0 aliphatic heterocycles. The van der Waals surface area contributed by atoms with Crippen molar-refractivity contribution >= 4 is 45.4 Å². The molecule has 3 heterocycles. The number of halogens is 1. The standard InChI is InChI=1S/C20H15ClN8O/c21-12-7-4-8-13-15(12)19(30)29(11-5-2-1-3-6-11)14(26-13)9-23-17-16-18(25-10-24-16)28-20(22)27-17/h1-8,10H,9H2,(H4,22,23,24,25,27,28). The zero-order valence-electron chi connectivity index (χ0n) is 15.5. The maximum absolute atomic E-state index is 13.4. The number of aromatic nitrogens is 6. The Balaban J connectivity index is 1.66. The lowest BCUT2D eigenvalue weighted by Gasteiger charge is -2.15. The van der Waals surface area contributed by atoms with E-state index in [1.165, 1.54) is 10.9 Å². The second-order valence-electron chi connectivity index (χ2n) is 6.52. The molecule has 0 aliphatic carbocycles. The Morgan fingerprint density at radius 1 is 1.07 bits per heavy atom. The molecule has 10 heteroatoms. The highest BCUT2D eigenvalue weighted by atomic mass is 35.5. The van der Waals surface area contributed by atoms with E-state index in [9.17, 15) is 4.79 Å². The lowest BCUT2D eigenvalue weighted by atomic mass is 10.2. The number of nitrogen functional groups attached to an aromatic ring is 1. The molecule has 0 atom stereocenters. The van der Waals surface area contributed by atoms with Gasteiger partial charge in [-0.25, -0.2) is 9.97 Å². The van der Waals surface area contributed by atoms with Crippen LogP contribution < -0.4 is 16.6 Å². The van der Waals surface area contributed by atoms with Gasteiger partial charge in [-0.2, -0.15) is 9.97 Å². The second kappa shape index (κ2) is 7.12. The van der Waals surface area contributed by atoms with Gasteiger partial charge in [0.1, 0.15) is 11.3 Å². The Morgan fingerprint density at radius 2 is 1.90 bits per heavy atom. The molecule has 0 bridgehead atoms. The third-order valence-corrected chi connectivity index (χ3v) is 4.96. The average molecular weight is 419 g/mol. The Bertz CT molecular complexity index is 1440. The highest BCUT2D eigenvalue weighted by molar-refractivity contribution is 6.35. The first-order valence-electron chi connectivity index (χ1n) is 9.08. The Kier molecular flexibility index (Phi) is 4.29. The fraction of sp³-hybridized carbons (Fsp3) is 0.0500. The molecule has 0 spiro atoms. The van der Waals surface area contributed by atoms with E-state index in [0.717, 1.165) is 0 Å². The van der Waals surface area contributed by atoms with Crippen LogP contribution in [-0.2, 0) is 6.54 Å². The van der Waals surface area contributed by atoms with Gasteiger partial charge in [0.15, 0.2) is 11.5 Å². The summed E-state index contributed by atoms with van der Waals surface area (Å²) < 4.78 is 1.54. The largest absolute Gasteiger partial charge is 0.368 e. The van der Waals surface area contributed by atoms with Gasteiger partial charge in [0, 0.05) is 0 Å². The van der Waals surface area contributed by atoms with Crippen molar-refractivity contribution < 1.29 is 0 Å². The van der Waals surface area contributed by atoms with Crippen LogP contribution in [-0.4, -0.2) is 29.5 Å². The zero-order chi connectivity index (χ0) is 20.7. The number of nitrogens with zero attached hydrogens (tertiary/aromatic N) is 5. The number of imidazole rings is 1. The highest BCUT2D eigenvalue weighted by Gasteiger charge is 2.16. The highest BCUT2D eigenvalue weighted by Crippen LogP contribution is 2.22. The lowest BCUT2D eigenvalue weighted by molar-refractivity contribution is 0.837. The quantitative estimate of drug-likeness (QED) is 0.409. The topological polar surface area (TPSA) is 127 Å². The van der Waals surface area contributed by atoms with Gasteiger partial charge in [-0.05, 0) is 24.3 Å². The van der Waals surface area contributed by atoms with E-state index in [0.29, 0.717) is 44.4 Å². The molecule has 9 nitrogen and oxygen atoms in total. The van der Waals surface area contributed by atoms with Gasteiger partial charge in [0.05, 0.1) is 34.5 Å². The number of anilines is 2. The molecule has 30 heavy (non-hydrogen) atoms. The van der Waals surface area contributed by atoms with E-state index < -0.39 is 0 Å². The van der Waals surface area contributed by atoms with Crippen molar-refractivity contribution in [2.75, 3.05) is 11.1 Å². The minimum atomic E-state index is -0.249. The van der Waals surface area contributed by atoms with Crippen molar-refractivity contribution in [2.45, 2.75) is 6.54 Å². The molecule has 0 aliphatic rings. The molecule has 2 aromatic carbocycles.